The molecule has 0 aromatic heterocycles. The van der Waals surface area contributed by atoms with E-state index in [9.17, 15) is 14.4 Å². The smallest absolute Gasteiger partial charge is 0.253 e. The minimum Gasteiger partial charge on any atom is -0.352 e. The van der Waals surface area contributed by atoms with Crippen molar-refractivity contribution in [3.05, 3.63) is 71.3 Å². The maximum Gasteiger partial charge on any atom is 0.253 e. The van der Waals surface area contributed by atoms with Gasteiger partial charge in [-0.15, -0.1) is 0 Å². The largest absolute Gasteiger partial charge is 0.352 e. The summed E-state index contributed by atoms with van der Waals surface area (Å²) in [4.78, 5) is 38.4. The van der Waals surface area contributed by atoms with E-state index in [-0.39, 0.29) is 30.2 Å². The van der Waals surface area contributed by atoms with Crippen LogP contribution in [0.25, 0.3) is 0 Å². The second-order valence-electron chi connectivity index (χ2n) is 6.90. The molecular weight excluding hydrogens is 366 g/mol. The average molecular weight is 396 g/mol. The SMILES string of the molecule is CCN(CC)C(=O)c1ccc(CNC(=O)CC(C)NC(=O)c2ccccc2)cc1. The lowest BCUT2D eigenvalue weighted by molar-refractivity contribution is -0.121. The van der Waals surface area contributed by atoms with Gasteiger partial charge in [0, 0.05) is 43.2 Å². The molecule has 2 rings (SSSR count). The van der Waals surface area contributed by atoms with Crippen molar-refractivity contribution in [2.24, 2.45) is 0 Å². The van der Waals surface area contributed by atoms with Crippen LogP contribution in [0.2, 0.25) is 0 Å². The van der Waals surface area contributed by atoms with Gasteiger partial charge in [0.1, 0.15) is 0 Å². The first-order chi connectivity index (χ1) is 13.9. The lowest BCUT2D eigenvalue weighted by Gasteiger charge is -2.18. The zero-order valence-corrected chi connectivity index (χ0v) is 17.3. The maximum absolute atomic E-state index is 12.3. The summed E-state index contributed by atoms with van der Waals surface area (Å²) in [5.74, 6) is -0.331. The van der Waals surface area contributed by atoms with Crippen molar-refractivity contribution < 1.29 is 14.4 Å². The predicted octanol–water partition coefficient (Wildman–Crippen LogP) is 2.99. The van der Waals surface area contributed by atoms with E-state index in [2.05, 4.69) is 10.6 Å². The summed E-state index contributed by atoms with van der Waals surface area (Å²) in [6, 6.07) is 15.9. The molecule has 0 heterocycles. The van der Waals surface area contributed by atoms with Crippen LogP contribution in [0.5, 0.6) is 0 Å². The minimum absolute atomic E-state index is 0.00793. The topological polar surface area (TPSA) is 78.5 Å². The standard InChI is InChI=1S/C23H29N3O3/c1-4-26(5-2)23(29)20-13-11-18(12-14-20)16-24-21(27)15-17(3)25-22(28)19-9-7-6-8-10-19/h6-14,17H,4-5,15-16H2,1-3H3,(H,24,27)(H,25,28). The van der Waals surface area contributed by atoms with Crippen LogP contribution in [-0.4, -0.2) is 41.8 Å². The molecule has 3 amide bonds. The van der Waals surface area contributed by atoms with Gasteiger partial charge in [0.15, 0.2) is 0 Å². The van der Waals surface area contributed by atoms with Crippen molar-refractivity contribution in [1.82, 2.24) is 15.5 Å². The number of amides is 3. The molecule has 2 N–H and O–H groups in total. The lowest BCUT2D eigenvalue weighted by Crippen LogP contribution is -2.37. The third-order valence-electron chi connectivity index (χ3n) is 4.65. The Kier molecular flexibility index (Phi) is 8.40. The van der Waals surface area contributed by atoms with Crippen LogP contribution in [-0.2, 0) is 11.3 Å². The van der Waals surface area contributed by atoms with E-state index in [4.69, 9.17) is 0 Å². The number of nitrogens with one attached hydrogen (secondary N) is 2. The lowest BCUT2D eigenvalue weighted by atomic mass is 10.1. The second-order valence-corrected chi connectivity index (χ2v) is 6.90. The molecule has 0 spiro atoms. The van der Waals surface area contributed by atoms with E-state index >= 15 is 0 Å². The fourth-order valence-electron chi connectivity index (χ4n) is 2.96. The second kappa shape index (κ2) is 11.0. The predicted molar refractivity (Wildman–Crippen MR) is 114 cm³/mol. The van der Waals surface area contributed by atoms with Crippen molar-refractivity contribution in [2.45, 2.75) is 39.8 Å². The van der Waals surface area contributed by atoms with E-state index < -0.39 is 0 Å². The van der Waals surface area contributed by atoms with Gasteiger partial charge in [-0.1, -0.05) is 30.3 Å². The first-order valence-electron chi connectivity index (χ1n) is 9.95. The number of rotatable bonds is 9. The average Bonchev–Trinajstić information content (AvgIpc) is 2.74. The third-order valence-corrected chi connectivity index (χ3v) is 4.65. The zero-order chi connectivity index (χ0) is 21.2. The van der Waals surface area contributed by atoms with E-state index in [1.54, 1.807) is 48.2 Å². The first kappa shape index (κ1) is 22.1. The van der Waals surface area contributed by atoms with Crippen LogP contribution in [0.1, 0.15) is 53.5 Å². The van der Waals surface area contributed by atoms with Crippen molar-refractivity contribution in [3.8, 4) is 0 Å². The summed E-state index contributed by atoms with van der Waals surface area (Å²) in [7, 11) is 0. The molecule has 0 radical (unpaired) electrons. The summed E-state index contributed by atoms with van der Waals surface area (Å²) >= 11 is 0. The van der Waals surface area contributed by atoms with Gasteiger partial charge in [0.25, 0.3) is 11.8 Å². The molecule has 1 atom stereocenters. The molecule has 2 aromatic carbocycles. The Hall–Kier alpha value is -3.15. The molecule has 0 saturated carbocycles. The minimum atomic E-state index is -0.281. The maximum atomic E-state index is 12.3. The first-order valence-corrected chi connectivity index (χ1v) is 9.95. The van der Waals surface area contributed by atoms with Crippen LogP contribution in [0, 0.1) is 0 Å². The molecule has 0 aliphatic rings. The Morgan fingerprint density at radius 3 is 2.10 bits per heavy atom. The Balaban J connectivity index is 1.80. The molecule has 29 heavy (non-hydrogen) atoms. The molecule has 6 nitrogen and oxygen atoms in total. The molecule has 0 aliphatic carbocycles. The quantitative estimate of drug-likeness (QED) is 0.685. The van der Waals surface area contributed by atoms with Gasteiger partial charge in [0.05, 0.1) is 0 Å². The Bertz CT molecular complexity index is 815. The number of hydrogen-bond acceptors (Lipinski definition) is 3. The highest BCUT2D eigenvalue weighted by Gasteiger charge is 2.14. The highest BCUT2D eigenvalue weighted by Crippen LogP contribution is 2.08. The highest BCUT2D eigenvalue weighted by molar-refractivity contribution is 5.95. The van der Waals surface area contributed by atoms with Crippen LogP contribution in [0.3, 0.4) is 0 Å². The molecule has 154 valence electrons. The summed E-state index contributed by atoms with van der Waals surface area (Å²) in [5.41, 5.74) is 2.12. The van der Waals surface area contributed by atoms with Gasteiger partial charge in [-0.2, -0.15) is 0 Å². The number of carbonyl (C=O) groups excluding carboxylic acids is 3. The fraction of sp³-hybridized carbons (Fsp3) is 0.348. The van der Waals surface area contributed by atoms with E-state index in [0.29, 0.717) is 30.8 Å². The van der Waals surface area contributed by atoms with Gasteiger partial charge >= 0.3 is 0 Å². The van der Waals surface area contributed by atoms with Crippen LogP contribution in [0.4, 0.5) is 0 Å². The number of carbonyl (C=O) groups is 3. The van der Waals surface area contributed by atoms with Crippen molar-refractivity contribution in [3.63, 3.8) is 0 Å². The molecule has 1 unspecified atom stereocenters. The van der Waals surface area contributed by atoms with Crippen LogP contribution >= 0.6 is 0 Å². The Labute approximate surface area is 172 Å². The van der Waals surface area contributed by atoms with Crippen molar-refractivity contribution in [2.75, 3.05) is 13.1 Å². The third kappa shape index (κ3) is 6.75. The van der Waals surface area contributed by atoms with Crippen LogP contribution < -0.4 is 10.6 Å². The number of benzene rings is 2. The van der Waals surface area contributed by atoms with Crippen LogP contribution in [0.15, 0.2) is 54.6 Å². The van der Waals surface area contributed by atoms with E-state index in [1.807, 2.05) is 32.0 Å². The highest BCUT2D eigenvalue weighted by atomic mass is 16.2. The van der Waals surface area contributed by atoms with Gasteiger partial charge in [0.2, 0.25) is 5.91 Å². The molecule has 0 saturated heterocycles. The van der Waals surface area contributed by atoms with E-state index in [0.717, 1.165) is 5.56 Å². The molecule has 0 bridgehead atoms. The van der Waals surface area contributed by atoms with Crippen molar-refractivity contribution >= 4 is 17.7 Å². The van der Waals surface area contributed by atoms with Gasteiger partial charge in [-0.3, -0.25) is 14.4 Å². The zero-order valence-electron chi connectivity index (χ0n) is 17.3. The van der Waals surface area contributed by atoms with Crippen molar-refractivity contribution in [1.29, 1.82) is 0 Å². The molecule has 6 heteroatoms. The number of hydrogen-bond donors (Lipinski definition) is 2. The van der Waals surface area contributed by atoms with Gasteiger partial charge in [-0.25, -0.2) is 0 Å². The summed E-state index contributed by atoms with van der Waals surface area (Å²) < 4.78 is 0. The van der Waals surface area contributed by atoms with E-state index in [1.165, 1.54) is 0 Å². The summed E-state index contributed by atoms with van der Waals surface area (Å²) in [6.45, 7) is 7.42. The van der Waals surface area contributed by atoms with Gasteiger partial charge < -0.3 is 15.5 Å². The Morgan fingerprint density at radius 1 is 0.897 bits per heavy atom. The summed E-state index contributed by atoms with van der Waals surface area (Å²) in [6.07, 6.45) is 0.192. The van der Waals surface area contributed by atoms with Gasteiger partial charge in [-0.05, 0) is 50.6 Å². The Morgan fingerprint density at radius 2 is 1.52 bits per heavy atom. The molecule has 0 fully saturated rings. The summed E-state index contributed by atoms with van der Waals surface area (Å²) in [5, 5.41) is 5.68. The monoisotopic (exact) mass is 395 g/mol. The number of nitrogens with zero attached hydrogens (tertiary/aromatic N) is 1. The fourth-order valence-corrected chi connectivity index (χ4v) is 2.96. The molecule has 0 aliphatic heterocycles. The normalized spacial score (nSPS) is 11.4. The molecule has 2 aromatic rings. The molecular formula is C23H29N3O3.